The number of carbonyl (C=O) groups excluding carboxylic acids is 2. The summed E-state index contributed by atoms with van der Waals surface area (Å²) in [5.41, 5.74) is 4.50. The third kappa shape index (κ3) is 4.86. The topological polar surface area (TPSA) is 55.4 Å². The zero-order valence-electron chi connectivity index (χ0n) is 14.2. The monoisotopic (exact) mass is 355 g/mol. The molecule has 1 N–H and O–H groups in total. The molecule has 0 aliphatic heterocycles. The number of rotatable bonds is 6. The lowest BCUT2D eigenvalue weighted by atomic mass is 10.1. The Morgan fingerprint density at radius 2 is 1.92 bits per heavy atom. The highest BCUT2D eigenvalue weighted by molar-refractivity contribution is 8.00. The summed E-state index contributed by atoms with van der Waals surface area (Å²) in [6.45, 7) is 1.65. The molecule has 3 rings (SSSR count). The number of para-hydroxylation sites is 1. The van der Waals surface area contributed by atoms with E-state index in [1.807, 2.05) is 37.3 Å². The van der Waals surface area contributed by atoms with Crippen LogP contribution in [0, 0.1) is 6.92 Å². The van der Waals surface area contributed by atoms with Gasteiger partial charge in [-0.1, -0.05) is 24.3 Å². The van der Waals surface area contributed by atoms with E-state index in [9.17, 15) is 9.59 Å². The Bertz CT molecular complexity index is 788. The lowest BCUT2D eigenvalue weighted by Crippen LogP contribution is -2.22. The maximum Gasteiger partial charge on any atom is 0.316 e. The van der Waals surface area contributed by atoms with E-state index >= 15 is 0 Å². The predicted octanol–water partition coefficient (Wildman–Crippen LogP) is 3.76. The van der Waals surface area contributed by atoms with E-state index < -0.39 is 0 Å². The first-order valence-electron chi connectivity index (χ1n) is 8.37. The van der Waals surface area contributed by atoms with Gasteiger partial charge in [-0.05, 0) is 61.1 Å². The van der Waals surface area contributed by atoms with Gasteiger partial charge in [0.25, 0.3) is 5.91 Å². The molecule has 2 aromatic rings. The molecular formula is C20H21NO3S. The molecule has 0 fully saturated rings. The number of amides is 1. The van der Waals surface area contributed by atoms with Gasteiger partial charge in [0.1, 0.15) is 0 Å². The van der Waals surface area contributed by atoms with Gasteiger partial charge in [-0.2, -0.15) is 0 Å². The molecule has 5 heteroatoms. The number of anilines is 1. The summed E-state index contributed by atoms with van der Waals surface area (Å²) in [5, 5.41) is 2.74. The van der Waals surface area contributed by atoms with E-state index in [4.69, 9.17) is 4.74 Å². The second-order valence-electron chi connectivity index (χ2n) is 6.10. The highest BCUT2D eigenvalue weighted by Crippen LogP contribution is 2.27. The molecule has 25 heavy (non-hydrogen) atoms. The van der Waals surface area contributed by atoms with Crippen LogP contribution in [0.25, 0.3) is 0 Å². The predicted molar refractivity (Wildman–Crippen MR) is 100.0 cm³/mol. The lowest BCUT2D eigenvalue weighted by molar-refractivity contribution is -0.144. The number of carbonyl (C=O) groups is 2. The summed E-state index contributed by atoms with van der Waals surface area (Å²) in [7, 11) is 0. The molecule has 4 nitrogen and oxygen atoms in total. The van der Waals surface area contributed by atoms with Crippen molar-refractivity contribution in [3.8, 4) is 0 Å². The third-order valence-corrected chi connectivity index (χ3v) is 5.18. The second kappa shape index (κ2) is 8.21. The Hall–Kier alpha value is -2.27. The first-order valence-corrected chi connectivity index (χ1v) is 9.36. The molecule has 0 heterocycles. The molecule has 130 valence electrons. The number of fused-ring (bicyclic) bond motifs is 1. The number of hydrogen-bond donors (Lipinski definition) is 1. The van der Waals surface area contributed by atoms with Crippen LogP contribution in [-0.2, 0) is 27.2 Å². The van der Waals surface area contributed by atoms with Crippen molar-refractivity contribution in [1.82, 2.24) is 0 Å². The number of hydrogen-bond acceptors (Lipinski definition) is 4. The van der Waals surface area contributed by atoms with Crippen LogP contribution in [0.3, 0.4) is 0 Å². The van der Waals surface area contributed by atoms with Crippen LogP contribution in [-0.4, -0.2) is 24.2 Å². The van der Waals surface area contributed by atoms with E-state index in [0.717, 1.165) is 29.0 Å². The maximum absolute atomic E-state index is 11.9. The molecule has 2 aromatic carbocycles. The van der Waals surface area contributed by atoms with Crippen LogP contribution in [0.5, 0.6) is 0 Å². The number of ether oxygens (including phenoxy) is 1. The van der Waals surface area contributed by atoms with E-state index in [-0.39, 0.29) is 24.2 Å². The van der Waals surface area contributed by atoms with Gasteiger partial charge in [-0.3, -0.25) is 9.59 Å². The highest BCUT2D eigenvalue weighted by Gasteiger charge is 2.13. The average molecular weight is 355 g/mol. The molecule has 0 saturated carbocycles. The van der Waals surface area contributed by atoms with Gasteiger partial charge in [0.2, 0.25) is 0 Å². The van der Waals surface area contributed by atoms with Crippen LogP contribution >= 0.6 is 11.8 Å². The Morgan fingerprint density at radius 1 is 1.12 bits per heavy atom. The fourth-order valence-electron chi connectivity index (χ4n) is 2.87. The molecule has 1 amide bonds. The molecule has 0 saturated heterocycles. The number of thioether (sulfide) groups is 1. The number of aryl methyl sites for hydroxylation is 3. The Labute approximate surface area is 152 Å². The van der Waals surface area contributed by atoms with Gasteiger partial charge in [0.05, 0.1) is 5.75 Å². The molecule has 0 radical (unpaired) electrons. The van der Waals surface area contributed by atoms with Crippen molar-refractivity contribution in [3.05, 3.63) is 59.2 Å². The fourth-order valence-corrected chi connectivity index (χ4v) is 3.63. The molecule has 1 aliphatic carbocycles. The van der Waals surface area contributed by atoms with Crippen molar-refractivity contribution in [1.29, 1.82) is 0 Å². The van der Waals surface area contributed by atoms with Crippen LogP contribution in [0.15, 0.2) is 47.4 Å². The van der Waals surface area contributed by atoms with Crippen molar-refractivity contribution in [3.63, 3.8) is 0 Å². The Kier molecular flexibility index (Phi) is 5.76. The molecule has 0 unspecified atom stereocenters. The van der Waals surface area contributed by atoms with Gasteiger partial charge in [-0.15, -0.1) is 11.8 Å². The summed E-state index contributed by atoms with van der Waals surface area (Å²) in [5.74, 6) is -0.508. The first kappa shape index (κ1) is 17.5. The minimum atomic E-state index is -0.384. The molecule has 0 spiro atoms. The van der Waals surface area contributed by atoms with Crippen LogP contribution < -0.4 is 5.32 Å². The van der Waals surface area contributed by atoms with Gasteiger partial charge < -0.3 is 10.1 Å². The third-order valence-electron chi connectivity index (χ3n) is 4.21. The van der Waals surface area contributed by atoms with Gasteiger partial charge in [0, 0.05) is 10.6 Å². The first-order chi connectivity index (χ1) is 12.1. The largest absolute Gasteiger partial charge is 0.455 e. The molecule has 1 aliphatic rings. The smallest absolute Gasteiger partial charge is 0.316 e. The summed E-state index contributed by atoms with van der Waals surface area (Å²) >= 11 is 1.45. The summed E-state index contributed by atoms with van der Waals surface area (Å²) in [6.07, 6.45) is 3.48. The standard InChI is InChI=1S/C20H21NO3S/c1-14-5-2-3-8-18(14)21-19(22)12-24-20(23)13-25-17-10-9-15-6-4-7-16(15)11-17/h2-3,5,8-11H,4,6-7,12-13H2,1H3,(H,21,22). The zero-order valence-corrected chi connectivity index (χ0v) is 15.0. The van der Waals surface area contributed by atoms with Crippen LogP contribution in [0.4, 0.5) is 5.69 Å². The number of nitrogens with one attached hydrogen (secondary N) is 1. The zero-order chi connectivity index (χ0) is 17.6. The summed E-state index contributed by atoms with van der Waals surface area (Å²) < 4.78 is 5.06. The molecule has 0 atom stereocenters. The minimum absolute atomic E-state index is 0.205. The van der Waals surface area contributed by atoms with Crippen molar-refractivity contribution in [2.75, 3.05) is 17.7 Å². The fraction of sp³-hybridized carbons (Fsp3) is 0.300. The van der Waals surface area contributed by atoms with Gasteiger partial charge in [-0.25, -0.2) is 0 Å². The van der Waals surface area contributed by atoms with Crippen molar-refractivity contribution in [2.24, 2.45) is 0 Å². The minimum Gasteiger partial charge on any atom is -0.455 e. The number of esters is 1. The van der Waals surface area contributed by atoms with E-state index in [1.165, 1.54) is 29.3 Å². The normalized spacial score (nSPS) is 12.5. The highest BCUT2D eigenvalue weighted by atomic mass is 32.2. The molecular weight excluding hydrogens is 334 g/mol. The maximum atomic E-state index is 11.9. The van der Waals surface area contributed by atoms with Crippen molar-refractivity contribution in [2.45, 2.75) is 31.1 Å². The lowest BCUT2D eigenvalue weighted by Gasteiger charge is -2.09. The van der Waals surface area contributed by atoms with E-state index in [1.54, 1.807) is 0 Å². The average Bonchev–Trinajstić information content (AvgIpc) is 3.08. The molecule has 0 bridgehead atoms. The Balaban J connectivity index is 1.42. The van der Waals surface area contributed by atoms with E-state index in [0.29, 0.717) is 0 Å². The van der Waals surface area contributed by atoms with E-state index in [2.05, 4.69) is 17.4 Å². The van der Waals surface area contributed by atoms with Crippen LogP contribution in [0.1, 0.15) is 23.1 Å². The molecule has 0 aromatic heterocycles. The van der Waals surface area contributed by atoms with Gasteiger partial charge in [0.15, 0.2) is 6.61 Å². The Morgan fingerprint density at radius 3 is 2.76 bits per heavy atom. The SMILES string of the molecule is Cc1ccccc1NC(=O)COC(=O)CSc1ccc2c(c1)CCC2. The van der Waals surface area contributed by atoms with Crippen molar-refractivity contribution < 1.29 is 14.3 Å². The second-order valence-corrected chi connectivity index (χ2v) is 7.15. The quantitative estimate of drug-likeness (QED) is 0.633. The van der Waals surface area contributed by atoms with Gasteiger partial charge >= 0.3 is 5.97 Å². The number of benzene rings is 2. The summed E-state index contributed by atoms with van der Waals surface area (Å²) in [4.78, 5) is 24.8. The van der Waals surface area contributed by atoms with Crippen molar-refractivity contribution >= 4 is 29.3 Å². The summed E-state index contributed by atoms with van der Waals surface area (Å²) in [6, 6.07) is 13.8. The van der Waals surface area contributed by atoms with Crippen LogP contribution in [0.2, 0.25) is 0 Å².